The van der Waals surface area contributed by atoms with Crippen molar-refractivity contribution in [3.8, 4) is 0 Å². The van der Waals surface area contributed by atoms with Gasteiger partial charge in [0.1, 0.15) is 5.69 Å². The summed E-state index contributed by atoms with van der Waals surface area (Å²) < 4.78 is 0. The molecule has 2 heterocycles. The van der Waals surface area contributed by atoms with Crippen molar-refractivity contribution in [2.75, 3.05) is 17.2 Å². The largest absolute Gasteiger partial charge is 0.384 e. The minimum absolute atomic E-state index is 0.235. The Morgan fingerprint density at radius 1 is 1.38 bits per heavy atom. The molecule has 0 aliphatic heterocycles. The van der Waals surface area contributed by atoms with E-state index in [2.05, 4.69) is 41.4 Å². The average Bonchev–Trinajstić information content (AvgIpc) is 2.94. The van der Waals surface area contributed by atoms with E-state index in [9.17, 15) is 4.79 Å². The molecule has 2 aromatic rings. The lowest BCUT2D eigenvalue weighted by molar-refractivity contribution is 0.102. The highest BCUT2D eigenvalue weighted by atomic mass is 32.1. The lowest BCUT2D eigenvalue weighted by Crippen LogP contribution is -2.13. The Balaban J connectivity index is 1.99. The van der Waals surface area contributed by atoms with Crippen molar-refractivity contribution in [1.29, 1.82) is 0 Å². The summed E-state index contributed by atoms with van der Waals surface area (Å²) in [5, 5.41) is 8.58. The highest BCUT2D eigenvalue weighted by molar-refractivity contribution is 7.14. The Hall–Kier alpha value is -1.95. The summed E-state index contributed by atoms with van der Waals surface area (Å²) in [5.41, 5.74) is 2.30. The molecule has 0 saturated carbocycles. The van der Waals surface area contributed by atoms with Gasteiger partial charge >= 0.3 is 0 Å². The van der Waals surface area contributed by atoms with Gasteiger partial charge in [0.15, 0.2) is 5.13 Å². The number of thiazole rings is 1. The molecule has 6 heteroatoms. The summed E-state index contributed by atoms with van der Waals surface area (Å²) in [6.45, 7) is 7.14. The van der Waals surface area contributed by atoms with Gasteiger partial charge in [0.2, 0.25) is 0 Å². The molecule has 0 aliphatic carbocycles. The molecule has 0 atom stereocenters. The summed E-state index contributed by atoms with van der Waals surface area (Å²) in [6.07, 6.45) is 2.72. The molecule has 21 heavy (non-hydrogen) atoms. The van der Waals surface area contributed by atoms with Crippen molar-refractivity contribution >= 4 is 28.1 Å². The molecular formula is C15H20N4OS. The van der Waals surface area contributed by atoms with Gasteiger partial charge in [0.25, 0.3) is 5.91 Å². The van der Waals surface area contributed by atoms with Crippen molar-refractivity contribution in [2.45, 2.75) is 33.1 Å². The second kappa shape index (κ2) is 7.17. The number of nitrogens with one attached hydrogen (secondary N) is 2. The predicted molar refractivity (Wildman–Crippen MR) is 87.2 cm³/mol. The number of anilines is 2. The monoisotopic (exact) mass is 304 g/mol. The summed E-state index contributed by atoms with van der Waals surface area (Å²) in [7, 11) is 0. The van der Waals surface area contributed by atoms with Crippen LogP contribution in [0, 0.1) is 0 Å². The molecule has 1 amide bonds. The molecule has 112 valence electrons. The smallest absolute Gasteiger partial charge is 0.276 e. The molecule has 0 radical (unpaired) electrons. The standard InChI is InChI=1S/C15H20N4OS/c1-4-7-16-11-5-6-12(17-8-11)14(20)19-15-18-13(9-21-15)10(2)3/h5-6,8-10,16H,4,7H2,1-3H3,(H,18,19,20). The molecule has 2 rings (SSSR count). The second-order valence-corrected chi connectivity index (χ2v) is 5.90. The fourth-order valence-electron chi connectivity index (χ4n) is 1.67. The third-order valence-electron chi connectivity index (χ3n) is 2.91. The van der Waals surface area contributed by atoms with Crippen LogP contribution in [0.2, 0.25) is 0 Å². The number of rotatable bonds is 6. The summed E-state index contributed by atoms with van der Waals surface area (Å²) in [6, 6.07) is 3.57. The van der Waals surface area contributed by atoms with Crippen LogP contribution < -0.4 is 10.6 Å². The zero-order valence-electron chi connectivity index (χ0n) is 12.5. The molecule has 0 saturated heterocycles. The van der Waals surface area contributed by atoms with Crippen LogP contribution in [0.5, 0.6) is 0 Å². The molecule has 0 aromatic carbocycles. The molecule has 0 aliphatic rings. The minimum atomic E-state index is -0.235. The number of aromatic nitrogens is 2. The number of hydrogen-bond donors (Lipinski definition) is 2. The number of hydrogen-bond acceptors (Lipinski definition) is 5. The molecule has 0 fully saturated rings. The van der Waals surface area contributed by atoms with Gasteiger partial charge in [0.05, 0.1) is 17.6 Å². The van der Waals surface area contributed by atoms with Gasteiger partial charge in [-0.3, -0.25) is 10.1 Å². The van der Waals surface area contributed by atoms with Crippen LogP contribution in [-0.2, 0) is 0 Å². The quantitative estimate of drug-likeness (QED) is 0.853. The average molecular weight is 304 g/mol. The minimum Gasteiger partial charge on any atom is -0.384 e. The molecule has 5 nitrogen and oxygen atoms in total. The first-order chi connectivity index (χ1) is 10.1. The van der Waals surface area contributed by atoms with E-state index in [0.29, 0.717) is 16.7 Å². The lowest BCUT2D eigenvalue weighted by atomic mass is 10.2. The molecular weight excluding hydrogens is 284 g/mol. The van der Waals surface area contributed by atoms with E-state index in [0.717, 1.165) is 24.3 Å². The van der Waals surface area contributed by atoms with Crippen molar-refractivity contribution in [2.24, 2.45) is 0 Å². The molecule has 0 bridgehead atoms. The van der Waals surface area contributed by atoms with E-state index >= 15 is 0 Å². The molecule has 2 aromatic heterocycles. The predicted octanol–water partition coefficient (Wildman–Crippen LogP) is 3.74. The Morgan fingerprint density at radius 2 is 2.19 bits per heavy atom. The van der Waals surface area contributed by atoms with Gasteiger partial charge in [-0.25, -0.2) is 9.97 Å². The van der Waals surface area contributed by atoms with E-state index in [4.69, 9.17) is 0 Å². The van der Waals surface area contributed by atoms with Crippen molar-refractivity contribution in [3.05, 3.63) is 35.1 Å². The number of amides is 1. The topological polar surface area (TPSA) is 66.9 Å². The summed E-state index contributed by atoms with van der Waals surface area (Å²) in [4.78, 5) is 20.6. The van der Waals surface area contributed by atoms with E-state index in [1.807, 2.05) is 11.4 Å². The first-order valence-corrected chi connectivity index (χ1v) is 7.94. The summed E-state index contributed by atoms with van der Waals surface area (Å²) >= 11 is 1.43. The van der Waals surface area contributed by atoms with Gasteiger partial charge in [-0.05, 0) is 24.5 Å². The highest BCUT2D eigenvalue weighted by Gasteiger charge is 2.11. The van der Waals surface area contributed by atoms with E-state index in [-0.39, 0.29) is 5.91 Å². The maximum atomic E-state index is 12.1. The Bertz CT molecular complexity index is 592. The van der Waals surface area contributed by atoms with Crippen LogP contribution in [0.3, 0.4) is 0 Å². The first-order valence-electron chi connectivity index (χ1n) is 7.07. The van der Waals surface area contributed by atoms with Crippen LogP contribution in [0.15, 0.2) is 23.7 Å². The van der Waals surface area contributed by atoms with Gasteiger partial charge in [-0.2, -0.15) is 0 Å². The fraction of sp³-hybridized carbons (Fsp3) is 0.400. The number of carbonyl (C=O) groups is 1. The first kappa shape index (κ1) is 15.4. The Kier molecular flexibility index (Phi) is 5.27. The zero-order chi connectivity index (χ0) is 15.2. The number of carbonyl (C=O) groups excluding carboxylic acids is 1. The van der Waals surface area contributed by atoms with Crippen LogP contribution in [0.25, 0.3) is 0 Å². The van der Waals surface area contributed by atoms with Gasteiger partial charge in [0, 0.05) is 11.9 Å². The SMILES string of the molecule is CCCNc1ccc(C(=O)Nc2nc(C(C)C)cs2)nc1. The maximum Gasteiger partial charge on any atom is 0.276 e. The molecule has 2 N–H and O–H groups in total. The number of pyridine rings is 1. The third-order valence-corrected chi connectivity index (χ3v) is 3.69. The van der Waals surface area contributed by atoms with Gasteiger partial charge < -0.3 is 5.32 Å². The van der Waals surface area contributed by atoms with E-state index < -0.39 is 0 Å². The lowest BCUT2D eigenvalue weighted by Gasteiger charge is -2.05. The molecule has 0 spiro atoms. The van der Waals surface area contributed by atoms with Crippen molar-refractivity contribution < 1.29 is 4.79 Å². The van der Waals surface area contributed by atoms with Crippen LogP contribution in [-0.4, -0.2) is 22.4 Å². The van der Waals surface area contributed by atoms with Gasteiger partial charge in [-0.15, -0.1) is 11.3 Å². The maximum absolute atomic E-state index is 12.1. The van der Waals surface area contributed by atoms with Crippen LogP contribution in [0.1, 0.15) is 49.3 Å². The molecule has 0 unspecified atom stereocenters. The summed E-state index contributed by atoms with van der Waals surface area (Å²) in [5.74, 6) is 0.121. The van der Waals surface area contributed by atoms with E-state index in [1.165, 1.54) is 11.3 Å². The third kappa shape index (κ3) is 4.26. The fourth-order valence-corrected chi connectivity index (χ4v) is 2.54. The Morgan fingerprint density at radius 3 is 2.76 bits per heavy atom. The van der Waals surface area contributed by atoms with Gasteiger partial charge in [-0.1, -0.05) is 20.8 Å². The van der Waals surface area contributed by atoms with Crippen LogP contribution >= 0.6 is 11.3 Å². The normalized spacial score (nSPS) is 10.7. The van der Waals surface area contributed by atoms with E-state index in [1.54, 1.807) is 12.3 Å². The number of nitrogens with zero attached hydrogens (tertiary/aromatic N) is 2. The van der Waals surface area contributed by atoms with Crippen molar-refractivity contribution in [3.63, 3.8) is 0 Å². The van der Waals surface area contributed by atoms with Crippen molar-refractivity contribution in [1.82, 2.24) is 9.97 Å². The Labute approximate surface area is 128 Å². The highest BCUT2D eigenvalue weighted by Crippen LogP contribution is 2.21. The van der Waals surface area contributed by atoms with Crippen LogP contribution in [0.4, 0.5) is 10.8 Å². The zero-order valence-corrected chi connectivity index (χ0v) is 13.3. The second-order valence-electron chi connectivity index (χ2n) is 5.05.